The second-order valence-corrected chi connectivity index (χ2v) is 13.0. The van der Waals surface area contributed by atoms with Crippen LogP contribution in [0.4, 0.5) is 5.69 Å². The molecule has 0 radical (unpaired) electrons. The number of fused-ring (bicyclic) bond motifs is 1. The van der Waals surface area contributed by atoms with Gasteiger partial charge in [-0.2, -0.15) is 0 Å². The first-order chi connectivity index (χ1) is 20.5. The van der Waals surface area contributed by atoms with Gasteiger partial charge in [0.25, 0.3) is 0 Å². The molecule has 0 saturated heterocycles. The zero-order chi connectivity index (χ0) is 31.0. The molecule has 3 aromatic carbocycles. The highest BCUT2D eigenvalue weighted by Crippen LogP contribution is 2.36. The number of nitrogens with one attached hydrogen (secondary N) is 1. The van der Waals surface area contributed by atoms with Crippen LogP contribution in [0.3, 0.4) is 0 Å². The van der Waals surface area contributed by atoms with Gasteiger partial charge in [-0.05, 0) is 55.2 Å². The fourth-order valence-corrected chi connectivity index (χ4v) is 6.04. The lowest BCUT2D eigenvalue weighted by Gasteiger charge is -2.32. The maximum absolute atomic E-state index is 14.0. The zero-order valence-electron chi connectivity index (χ0n) is 24.7. The molecular weight excluding hydrogens is 590 g/mol. The van der Waals surface area contributed by atoms with Gasteiger partial charge >= 0.3 is 0 Å². The van der Waals surface area contributed by atoms with E-state index in [-0.39, 0.29) is 50.6 Å². The first-order valence-electron chi connectivity index (χ1n) is 14.3. The van der Waals surface area contributed by atoms with E-state index in [4.69, 9.17) is 21.1 Å². The first kappa shape index (κ1) is 32.2. The number of sulfonamides is 1. The number of carbonyl (C=O) groups excluding carboxylic acids is 2. The SMILES string of the molecule is CC[C@@H](C)NC(=O)[C@@H](Cc1ccccc1)N(Cc1cccc(Cl)c1)C(=O)CCCN(c1ccc2c(c1)OCO2)S(C)(=O)=O. The van der Waals surface area contributed by atoms with Gasteiger partial charge < -0.3 is 19.7 Å². The monoisotopic (exact) mass is 627 g/mol. The molecule has 230 valence electrons. The lowest BCUT2D eigenvalue weighted by Crippen LogP contribution is -2.52. The minimum Gasteiger partial charge on any atom is -0.454 e. The van der Waals surface area contributed by atoms with Crippen molar-refractivity contribution in [2.75, 3.05) is 23.9 Å². The van der Waals surface area contributed by atoms with E-state index in [2.05, 4.69) is 5.32 Å². The Labute approximate surface area is 258 Å². The smallest absolute Gasteiger partial charge is 0.243 e. The van der Waals surface area contributed by atoms with Gasteiger partial charge in [0.05, 0.1) is 11.9 Å². The number of benzene rings is 3. The molecule has 0 spiro atoms. The Morgan fingerprint density at radius 2 is 1.70 bits per heavy atom. The van der Waals surface area contributed by atoms with E-state index in [9.17, 15) is 18.0 Å². The largest absolute Gasteiger partial charge is 0.454 e. The van der Waals surface area contributed by atoms with E-state index in [1.54, 1.807) is 41.3 Å². The van der Waals surface area contributed by atoms with E-state index < -0.39 is 16.1 Å². The highest BCUT2D eigenvalue weighted by molar-refractivity contribution is 7.92. The Morgan fingerprint density at radius 3 is 2.40 bits per heavy atom. The molecule has 0 fully saturated rings. The molecule has 1 N–H and O–H groups in total. The van der Waals surface area contributed by atoms with Crippen molar-refractivity contribution in [2.45, 2.75) is 58.2 Å². The molecule has 0 bridgehead atoms. The molecule has 4 rings (SSSR count). The fourth-order valence-electron chi connectivity index (χ4n) is 4.87. The molecule has 1 aliphatic rings. The summed E-state index contributed by atoms with van der Waals surface area (Å²) < 4.78 is 37.5. The van der Waals surface area contributed by atoms with Crippen molar-refractivity contribution < 1.29 is 27.5 Å². The maximum atomic E-state index is 14.0. The normalized spacial score (nSPS) is 13.7. The molecule has 0 saturated carbocycles. The summed E-state index contributed by atoms with van der Waals surface area (Å²) in [6.07, 6.45) is 2.45. The van der Waals surface area contributed by atoms with Gasteiger partial charge in [0.15, 0.2) is 11.5 Å². The second-order valence-electron chi connectivity index (χ2n) is 10.7. The average Bonchev–Trinajstić information content (AvgIpc) is 3.45. The number of hydrogen-bond acceptors (Lipinski definition) is 6. The Hall–Kier alpha value is -3.76. The van der Waals surface area contributed by atoms with Crippen molar-refractivity contribution in [3.8, 4) is 11.5 Å². The summed E-state index contributed by atoms with van der Waals surface area (Å²) in [6, 6.07) is 20.8. The van der Waals surface area contributed by atoms with E-state index in [0.29, 0.717) is 28.6 Å². The minimum atomic E-state index is -3.66. The van der Waals surface area contributed by atoms with Gasteiger partial charge in [0.2, 0.25) is 28.6 Å². The fraction of sp³-hybridized carbons (Fsp3) is 0.375. The third-order valence-corrected chi connectivity index (χ3v) is 8.74. The number of carbonyl (C=O) groups is 2. The molecule has 2 amide bonds. The van der Waals surface area contributed by atoms with Crippen LogP contribution in [0.2, 0.25) is 5.02 Å². The highest BCUT2D eigenvalue weighted by atomic mass is 35.5. The predicted molar refractivity (Wildman–Crippen MR) is 168 cm³/mol. The number of hydrogen-bond donors (Lipinski definition) is 1. The van der Waals surface area contributed by atoms with E-state index in [1.807, 2.05) is 50.2 Å². The van der Waals surface area contributed by atoms with E-state index >= 15 is 0 Å². The van der Waals surface area contributed by atoms with Crippen LogP contribution in [0, 0.1) is 0 Å². The van der Waals surface area contributed by atoms with Crippen molar-refractivity contribution in [3.63, 3.8) is 0 Å². The number of halogens is 1. The highest BCUT2D eigenvalue weighted by Gasteiger charge is 2.31. The summed E-state index contributed by atoms with van der Waals surface area (Å²) in [6.45, 7) is 4.22. The average molecular weight is 628 g/mol. The van der Waals surface area contributed by atoms with Crippen LogP contribution in [0.1, 0.15) is 44.2 Å². The summed E-state index contributed by atoms with van der Waals surface area (Å²) in [5, 5.41) is 3.58. The van der Waals surface area contributed by atoms with Crippen molar-refractivity contribution in [1.29, 1.82) is 0 Å². The summed E-state index contributed by atoms with van der Waals surface area (Å²) in [7, 11) is -3.66. The first-order valence-corrected chi connectivity index (χ1v) is 16.5. The molecule has 0 unspecified atom stereocenters. The van der Waals surface area contributed by atoms with Crippen molar-refractivity contribution in [3.05, 3.63) is 88.9 Å². The maximum Gasteiger partial charge on any atom is 0.243 e. The van der Waals surface area contributed by atoms with Crippen LogP contribution in [-0.2, 0) is 32.6 Å². The van der Waals surface area contributed by atoms with Crippen molar-refractivity contribution >= 4 is 39.1 Å². The Balaban J connectivity index is 1.58. The minimum absolute atomic E-state index is 0.0268. The van der Waals surface area contributed by atoms with Crippen LogP contribution >= 0.6 is 11.6 Å². The van der Waals surface area contributed by atoms with E-state index in [1.165, 1.54) is 4.31 Å². The van der Waals surface area contributed by atoms with E-state index in [0.717, 1.165) is 23.8 Å². The lowest BCUT2D eigenvalue weighted by atomic mass is 10.0. The Bertz CT molecular complexity index is 1520. The lowest BCUT2D eigenvalue weighted by molar-refractivity contribution is -0.141. The summed E-state index contributed by atoms with van der Waals surface area (Å²) in [5.74, 6) is 0.501. The topological polar surface area (TPSA) is 105 Å². The molecular formula is C32H38ClN3O6S. The van der Waals surface area contributed by atoms with Crippen LogP contribution in [0.5, 0.6) is 11.5 Å². The third kappa shape index (κ3) is 8.87. The number of rotatable bonds is 14. The summed E-state index contributed by atoms with van der Waals surface area (Å²) in [5.41, 5.74) is 2.12. The van der Waals surface area contributed by atoms with Crippen molar-refractivity contribution in [1.82, 2.24) is 10.2 Å². The number of nitrogens with zero attached hydrogens (tertiary/aromatic N) is 2. The van der Waals surface area contributed by atoms with Crippen LogP contribution < -0.4 is 19.1 Å². The molecule has 2 atom stereocenters. The standard InChI is InChI=1S/C32H38ClN3O6S/c1-4-23(2)34-32(38)28(19-24-10-6-5-7-11-24)35(21-25-12-8-13-26(33)18-25)31(37)14-9-17-36(43(3,39)40)27-15-16-29-30(20-27)42-22-41-29/h5-8,10-13,15-16,18,20,23,28H,4,9,14,17,19,21-22H2,1-3H3,(H,34,38)/t23-,28-/m1/s1. The van der Waals surface area contributed by atoms with Gasteiger partial charge in [0, 0.05) is 43.1 Å². The molecule has 1 heterocycles. The number of amides is 2. The molecule has 9 nitrogen and oxygen atoms in total. The molecule has 0 aromatic heterocycles. The predicted octanol–water partition coefficient (Wildman–Crippen LogP) is 5.17. The second kappa shape index (κ2) is 14.6. The van der Waals surface area contributed by atoms with Gasteiger partial charge in [-0.15, -0.1) is 0 Å². The number of ether oxygens (including phenoxy) is 2. The van der Waals surface area contributed by atoms with Crippen LogP contribution in [0.25, 0.3) is 0 Å². The molecule has 1 aliphatic heterocycles. The van der Waals surface area contributed by atoms with Crippen LogP contribution in [0.15, 0.2) is 72.8 Å². The van der Waals surface area contributed by atoms with Gasteiger partial charge in [0.1, 0.15) is 6.04 Å². The van der Waals surface area contributed by atoms with Crippen LogP contribution in [-0.4, -0.2) is 56.8 Å². The molecule has 3 aromatic rings. The quantitative estimate of drug-likeness (QED) is 0.264. The Morgan fingerprint density at radius 1 is 0.977 bits per heavy atom. The molecule has 0 aliphatic carbocycles. The summed E-state index contributed by atoms with van der Waals surface area (Å²) >= 11 is 6.26. The van der Waals surface area contributed by atoms with Gasteiger partial charge in [-0.25, -0.2) is 8.42 Å². The Kier molecular flexibility index (Phi) is 10.9. The summed E-state index contributed by atoms with van der Waals surface area (Å²) in [4.78, 5) is 29.2. The van der Waals surface area contributed by atoms with Gasteiger partial charge in [-0.3, -0.25) is 13.9 Å². The number of anilines is 1. The third-order valence-electron chi connectivity index (χ3n) is 7.31. The van der Waals surface area contributed by atoms with Gasteiger partial charge in [-0.1, -0.05) is 61.0 Å². The molecule has 43 heavy (non-hydrogen) atoms. The molecule has 11 heteroatoms. The zero-order valence-corrected chi connectivity index (χ0v) is 26.2. The van der Waals surface area contributed by atoms with Crippen molar-refractivity contribution in [2.24, 2.45) is 0 Å².